The third kappa shape index (κ3) is 2.48. The molecule has 0 aliphatic carbocycles. The van der Waals surface area contributed by atoms with Crippen molar-refractivity contribution in [3.63, 3.8) is 0 Å². The van der Waals surface area contributed by atoms with Gasteiger partial charge in [-0.05, 0) is 32.8 Å². The highest BCUT2D eigenvalue weighted by Crippen LogP contribution is 2.38. The number of halogens is 3. The van der Waals surface area contributed by atoms with Crippen LogP contribution in [0.4, 0.5) is 13.2 Å². The zero-order chi connectivity index (χ0) is 15.1. The summed E-state index contributed by atoms with van der Waals surface area (Å²) in [4.78, 5) is 21.0. The van der Waals surface area contributed by atoms with E-state index >= 15 is 0 Å². The second-order valence-corrected chi connectivity index (χ2v) is 5.26. The summed E-state index contributed by atoms with van der Waals surface area (Å²) in [5.74, 6) is -0.110. The average Bonchev–Trinajstić information content (AvgIpc) is 2.71. The zero-order valence-electron chi connectivity index (χ0n) is 11.6. The number of nitrogens with zero attached hydrogens (tertiary/aromatic N) is 3. The highest BCUT2D eigenvalue weighted by atomic mass is 19.4. The van der Waals surface area contributed by atoms with Crippen molar-refractivity contribution >= 4 is 5.91 Å². The Morgan fingerprint density at radius 1 is 1.40 bits per heavy atom. The van der Waals surface area contributed by atoms with Gasteiger partial charge in [0.1, 0.15) is 5.69 Å². The van der Waals surface area contributed by atoms with Crippen molar-refractivity contribution < 1.29 is 18.0 Å². The maximum atomic E-state index is 12.8. The molecule has 1 fully saturated rings. The van der Waals surface area contributed by atoms with Gasteiger partial charge < -0.3 is 4.90 Å². The van der Waals surface area contributed by atoms with Crippen LogP contribution in [0.1, 0.15) is 43.9 Å². The number of rotatable bonds is 1. The molecular formula is C13H16F3N3O. The smallest absolute Gasteiger partial charge is 0.330 e. The van der Waals surface area contributed by atoms with Gasteiger partial charge in [-0.25, -0.2) is 9.97 Å². The van der Waals surface area contributed by atoms with E-state index < -0.39 is 17.4 Å². The van der Waals surface area contributed by atoms with Crippen LogP contribution in [0.25, 0.3) is 0 Å². The molecule has 2 heterocycles. The van der Waals surface area contributed by atoms with Crippen LogP contribution in [0.3, 0.4) is 0 Å². The third-order valence-corrected chi connectivity index (χ3v) is 3.65. The standard InChI is InChI=1S/C13H16F3N3O/c1-8-7-10(13(14,15)16)18-11(17-8)12(3)5-4-6-19(12)9(2)20/h7H,4-6H2,1-3H3/t12-/m1/s1. The molecule has 1 aromatic heterocycles. The summed E-state index contributed by atoms with van der Waals surface area (Å²) in [5, 5.41) is 0. The van der Waals surface area contributed by atoms with E-state index in [4.69, 9.17) is 0 Å². The van der Waals surface area contributed by atoms with Crippen molar-refractivity contribution in [3.8, 4) is 0 Å². The molecule has 1 aliphatic heterocycles. The van der Waals surface area contributed by atoms with E-state index in [-0.39, 0.29) is 17.4 Å². The topological polar surface area (TPSA) is 46.1 Å². The number of hydrogen-bond donors (Lipinski definition) is 0. The molecule has 0 N–H and O–H groups in total. The van der Waals surface area contributed by atoms with Gasteiger partial charge in [-0.2, -0.15) is 13.2 Å². The SMILES string of the molecule is CC(=O)N1CCC[C@]1(C)c1nc(C)cc(C(F)(F)F)n1. The zero-order valence-corrected chi connectivity index (χ0v) is 11.6. The number of alkyl halides is 3. The van der Waals surface area contributed by atoms with Crippen LogP contribution >= 0.6 is 0 Å². The molecule has 2 rings (SSSR count). The van der Waals surface area contributed by atoms with Crippen molar-refractivity contribution in [3.05, 3.63) is 23.3 Å². The molecule has 0 spiro atoms. The van der Waals surface area contributed by atoms with Gasteiger partial charge in [0.05, 0.1) is 5.54 Å². The Morgan fingerprint density at radius 3 is 2.60 bits per heavy atom. The fourth-order valence-corrected chi connectivity index (χ4v) is 2.66. The highest BCUT2D eigenvalue weighted by Gasteiger charge is 2.44. The van der Waals surface area contributed by atoms with Crippen molar-refractivity contribution in [1.82, 2.24) is 14.9 Å². The molecular weight excluding hydrogens is 271 g/mol. The number of hydrogen-bond acceptors (Lipinski definition) is 3. The molecule has 1 aromatic rings. The summed E-state index contributed by atoms with van der Waals surface area (Å²) < 4.78 is 38.5. The predicted molar refractivity (Wildman–Crippen MR) is 65.7 cm³/mol. The Kier molecular flexibility index (Phi) is 3.47. The third-order valence-electron chi connectivity index (χ3n) is 3.65. The van der Waals surface area contributed by atoms with Gasteiger partial charge in [0, 0.05) is 19.2 Å². The molecule has 0 aromatic carbocycles. The first-order chi connectivity index (χ1) is 9.14. The molecule has 1 aliphatic rings. The molecule has 0 unspecified atom stereocenters. The summed E-state index contributed by atoms with van der Waals surface area (Å²) in [6.45, 7) is 5.14. The van der Waals surface area contributed by atoms with Crippen molar-refractivity contribution in [2.24, 2.45) is 0 Å². The Hall–Kier alpha value is -1.66. The minimum Gasteiger partial charge on any atom is -0.330 e. The van der Waals surface area contributed by atoms with Crippen molar-refractivity contribution in [2.75, 3.05) is 6.54 Å². The molecule has 4 nitrogen and oxygen atoms in total. The van der Waals surface area contributed by atoms with Gasteiger partial charge >= 0.3 is 6.18 Å². The lowest BCUT2D eigenvalue weighted by atomic mass is 9.97. The van der Waals surface area contributed by atoms with Crippen molar-refractivity contribution in [1.29, 1.82) is 0 Å². The fourth-order valence-electron chi connectivity index (χ4n) is 2.66. The number of carbonyl (C=O) groups excluding carboxylic acids is 1. The summed E-state index contributed by atoms with van der Waals surface area (Å²) >= 11 is 0. The van der Waals surface area contributed by atoms with E-state index in [1.54, 1.807) is 11.8 Å². The molecule has 110 valence electrons. The first kappa shape index (κ1) is 14.7. The Morgan fingerprint density at radius 2 is 2.05 bits per heavy atom. The lowest BCUT2D eigenvalue weighted by Gasteiger charge is -2.33. The fraction of sp³-hybridized carbons (Fsp3) is 0.615. The first-order valence-corrected chi connectivity index (χ1v) is 6.36. The van der Waals surface area contributed by atoms with Crippen LogP contribution in [0.5, 0.6) is 0 Å². The molecule has 7 heteroatoms. The van der Waals surface area contributed by atoms with Crippen LogP contribution in [0, 0.1) is 6.92 Å². The Bertz CT molecular complexity index is 544. The minimum absolute atomic E-state index is 0.0672. The number of amides is 1. The van der Waals surface area contributed by atoms with E-state index in [2.05, 4.69) is 9.97 Å². The molecule has 1 amide bonds. The summed E-state index contributed by atoms with van der Waals surface area (Å²) in [5.41, 5.74) is -1.58. The van der Waals surface area contributed by atoms with Gasteiger partial charge in [0.15, 0.2) is 5.82 Å². The van der Waals surface area contributed by atoms with Crippen LogP contribution in [-0.4, -0.2) is 27.3 Å². The molecule has 0 bridgehead atoms. The van der Waals surface area contributed by atoms with Crippen LogP contribution < -0.4 is 0 Å². The maximum Gasteiger partial charge on any atom is 0.433 e. The monoisotopic (exact) mass is 287 g/mol. The van der Waals surface area contributed by atoms with Crippen LogP contribution in [0.2, 0.25) is 0 Å². The van der Waals surface area contributed by atoms with Gasteiger partial charge in [-0.3, -0.25) is 4.79 Å². The largest absolute Gasteiger partial charge is 0.433 e. The average molecular weight is 287 g/mol. The van der Waals surface area contributed by atoms with E-state index in [0.717, 1.165) is 12.5 Å². The predicted octanol–water partition coefficient (Wildman–Crippen LogP) is 2.66. The Labute approximate surface area is 115 Å². The summed E-state index contributed by atoms with van der Waals surface area (Å²) in [6.07, 6.45) is -3.22. The lowest BCUT2D eigenvalue weighted by Crippen LogP contribution is -2.43. The van der Waals surface area contributed by atoms with Gasteiger partial charge in [0.25, 0.3) is 0 Å². The number of carbonyl (C=O) groups is 1. The first-order valence-electron chi connectivity index (χ1n) is 6.36. The second kappa shape index (κ2) is 4.71. The molecule has 0 saturated carbocycles. The molecule has 1 atom stereocenters. The van der Waals surface area contributed by atoms with E-state index in [0.29, 0.717) is 13.0 Å². The van der Waals surface area contributed by atoms with Crippen molar-refractivity contribution in [2.45, 2.75) is 45.3 Å². The highest BCUT2D eigenvalue weighted by molar-refractivity contribution is 5.74. The number of likely N-dealkylation sites (tertiary alicyclic amines) is 1. The van der Waals surface area contributed by atoms with E-state index in [1.807, 2.05) is 0 Å². The van der Waals surface area contributed by atoms with Crippen LogP contribution in [-0.2, 0) is 16.5 Å². The lowest BCUT2D eigenvalue weighted by molar-refractivity contribution is -0.141. The summed E-state index contributed by atoms with van der Waals surface area (Å²) in [7, 11) is 0. The Balaban J connectivity index is 2.52. The normalized spacial score (nSPS) is 23.2. The molecule has 1 saturated heterocycles. The second-order valence-electron chi connectivity index (χ2n) is 5.26. The van der Waals surface area contributed by atoms with Gasteiger partial charge in [-0.15, -0.1) is 0 Å². The van der Waals surface area contributed by atoms with Gasteiger partial charge in [-0.1, -0.05) is 0 Å². The van der Waals surface area contributed by atoms with Gasteiger partial charge in [0.2, 0.25) is 5.91 Å². The maximum absolute atomic E-state index is 12.8. The quantitative estimate of drug-likeness (QED) is 0.797. The summed E-state index contributed by atoms with van der Waals surface area (Å²) in [6, 6.07) is 0.917. The van der Waals surface area contributed by atoms with E-state index in [1.165, 1.54) is 13.8 Å². The van der Waals surface area contributed by atoms with Crippen LogP contribution in [0.15, 0.2) is 6.07 Å². The number of aryl methyl sites for hydroxylation is 1. The molecule has 0 radical (unpaired) electrons. The molecule has 20 heavy (non-hydrogen) atoms. The minimum atomic E-state index is -4.52. The number of aromatic nitrogens is 2. The van der Waals surface area contributed by atoms with E-state index in [9.17, 15) is 18.0 Å².